The highest BCUT2D eigenvalue weighted by Crippen LogP contribution is 2.34. The Morgan fingerprint density at radius 3 is 2.67 bits per heavy atom. The van der Waals surface area contributed by atoms with Gasteiger partial charge < -0.3 is 4.74 Å². The van der Waals surface area contributed by atoms with Crippen molar-refractivity contribution >= 4 is 23.4 Å². The van der Waals surface area contributed by atoms with Crippen molar-refractivity contribution in [3.05, 3.63) is 40.7 Å². The van der Waals surface area contributed by atoms with Gasteiger partial charge in [-0.15, -0.1) is 0 Å². The minimum Gasteiger partial charge on any atom is -0.497 e. The maximum Gasteiger partial charge on any atom is 0.161 e. The lowest BCUT2D eigenvalue weighted by atomic mass is 10.2. The molecule has 3 rings (SSSR count). The molecule has 0 spiro atoms. The Hall–Kier alpha value is -1.26. The molecular weight excluding hydrogens is 268 g/mol. The summed E-state index contributed by atoms with van der Waals surface area (Å²) >= 11 is 8.01. The normalized spacial score (nSPS) is 13.4. The van der Waals surface area contributed by atoms with Gasteiger partial charge in [0.15, 0.2) is 5.82 Å². The number of rotatable bonds is 2. The van der Waals surface area contributed by atoms with Gasteiger partial charge >= 0.3 is 0 Å². The lowest BCUT2D eigenvalue weighted by Gasteiger charge is -2.06. The molecule has 1 aromatic heterocycles. The molecule has 2 aromatic rings. The molecule has 1 aliphatic heterocycles. The Morgan fingerprint density at radius 2 is 1.94 bits per heavy atom. The molecule has 0 fully saturated rings. The smallest absolute Gasteiger partial charge is 0.161 e. The lowest BCUT2D eigenvalue weighted by Crippen LogP contribution is -1.97. The third kappa shape index (κ3) is 2.06. The fraction of sp³-hybridized carbons (Fsp3) is 0.231. The van der Waals surface area contributed by atoms with E-state index in [1.165, 1.54) is 0 Å². The van der Waals surface area contributed by atoms with E-state index in [1.807, 2.05) is 36.0 Å². The molecule has 0 saturated heterocycles. The van der Waals surface area contributed by atoms with Crippen molar-refractivity contribution in [2.45, 2.75) is 11.5 Å². The van der Waals surface area contributed by atoms with Crippen LogP contribution in [0.25, 0.3) is 11.4 Å². The van der Waals surface area contributed by atoms with Crippen LogP contribution in [-0.4, -0.2) is 17.1 Å². The first-order valence-electron chi connectivity index (χ1n) is 5.55. The fourth-order valence-electron chi connectivity index (χ4n) is 1.88. The highest BCUT2D eigenvalue weighted by molar-refractivity contribution is 7.98. The second-order valence-electron chi connectivity index (χ2n) is 3.98. The summed E-state index contributed by atoms with van der Waals surface area (Å²) in [5.74, 6) is 3.34. The van der Waals surface area contributed by atoms with Gasteiger partial charge in [0, 0.05) is 22.6 Å². The van der Waals surface area contributed by atoms with E-state index in [0.717, 1.165) is 34.1 Å². The van der Waals surface area contributed by atoms with E-state index in [9.17, 15) is 0 Å². The number of hydrogen-bond acceptors (Lipinski definition) is 4. The van der Waals surface area contributed by atoms with E-state index >= 15 is 0 Å². The number of benzene rings is 1. The van der Waals surface area contributed by atoms with Crippen LogP contribution < -0.4 is 4.74 Å². The number of nitrogens with zero attached hydrogens (tertiary/aromatic N) is 2. The molecule has 1 aromatic carbocycles. The van der Waals surface area contributed by atoms with Gasteiger partial charge in [0.25, 0.3) is 0 Å². The van der Waals surface area contributed by atoms with Gasteiger partial charge in [0.05, 0.1) is 12.8 Å². The quantitative estimate of drug-likeness (QED) is 0.787. The van der Waals surface area contributed by atoms with Crippen molar-refractivity contribution in [3.8, 4) is 17.1 Å². The molecule has 18 heavy (non-hydrogen) atoms. The van der Waals surface area contributed by atoms with Crippen molar-refractivity contribution < 1.29 is 4.74 Å². The van der Waals surface area contributed by atoms with Crippen LogP contribution in [-0.2, 0) is 11.5 Å². The standard InChI is InChI=1S/C13H11ClN2OS/c1-17-9-4-2-8(3-5-9)13-15-11-7-18-6-10(11)12(14)16-13/h2-5H,6-7H2,1H3. The molecule has 3 nitrogen and oxygen atoms in total. The first-order valence-corrected chi connectivity index (χ1v) is 7.08. The summed E-state index contributed by atoms with van der Waals surface area (Å²) in [4.78, 5) is 8.95. The lowest BCUT2D eigenvalue weighted by molar-refractivity contribution is 0.415. The van der Waals surface area contributed by atoms with Gasteiger partial charge in [-0.25, -0.2) is 9.97 Å². The molecule has 0 unspecified atom stereocenters. The zero-order chi connectivity index (χ0) is 12.5. The van der Waals surface area contributed by atoms with Crippen molar-refractivity contribution in [3.63, 3.8) is 0 Å². The Balaban J connectivity index is 2.03. The summed E-state index contributed by atoms with van der Waals surface area (Å²) < 4.78 is 5.13. The molecule has 2 heterocycles. The molecule has 5 heteroatoms. The highest BCUT2D eigenvalue weighted by Gasteiger charge is 2.19. The summed E-state index contributed by atoms with van der Waals surface area (Å²) in [5.41, 5.74) is 3.10. The topological polar surface area (TPSA) is 35.0 Å². The molecule has 0 bridgehead atoms. The minimum absolute atomic E-state index is 0.579. The van der Waals surface area contributed by atoms with Crippen molar-refractivity contribution in [2.24, 2.45) is 0 Å². The van der Waals surface area contributed by atoms with Gasteiger partial charge in [0.1, 0.15) is 10.9 Å². The van der Waals surface area contributed by atoms with E-state index in [-0.39, 0.29) is 0 Å². The predicted molar refractivity (Wildman–Crippen MR) is 74.0 cm³/mol. The fourth-order valence-corrected chi connectivity index (χ4v) is 3.26. The van der Waals surface area contributed by atoms with Crippen molar-refractivity contribution in [1.82, 2.24) is 9.97 Å². The second kappa shape index (κ2) is 4.78. The number of thioether (sulfide) groups is 1. The Kier molecular flexibility index (Phi) is 3.14. The van der Waals surface area contributed by atoms with E-state index in [2.05, 4.69) is 9.97 Å². The first kappa shape index (κ1) is 11.8. The average Bonchev–Trinajstić information content (AvgIpc) is 2.88. The van der Waals surface area contributed by atoms with Crippen LogP contribution in [0.2, 0.25) is 5.15 Å². The van der Waals surface area contributed by atoms with E-state index in [1.54, 1.807) is 7.11 Å². The number of halogens is 1. The largest absolute Gasteiger partial charge is 0.497 e. The monoisotopic (exact) mass is 278 g/mol. The maximum atomic E-state index is 6.19. The summed E-state index contributed by atoms with van der Waals surface area (Å²) in [7, 11) is 1.65. The van der Waals surface area contributed by atoms with Crippen LogP contribution in [0.15, 0.2) is 24.3 Å². The zero-order valence-electron chi connectivity index (χ0n) is 9.81. The molecule has 92 valence electrons. The maximum absolute atomic E-state index is 6.19. The van der Waals surface area contributed by atoms with Gasteiger partial charge in [-0.1, -0.05) is 11.6 Å². The molecule has 0 aliphatic carbocycles. The average molecular weight is 279 g/mol. The predicted octanol–water partition coefficient (Wildman–Crippen LogP) is 3.55. The minimum atomic E-state index is 0.579. The van der Waals surface area contributed by atoms with Gasteiger partial charge in [-0.05, 0) is 24.3 Å². The molecule has 0 atom stereocenters. The molecular formula is C13H11ClN2OS. The van der Waals surface area contributed by atoms with E-state index < -0.39 is 0 Å². The molecule has 1 aliphatic rings. The third-order valence-corrected chi connectivity index (χ3v) is 4.16. The van der Waals surface area contributed by atoms with E-state index in [0.29, 0.717) is 11.0 Å². The van der Waals surface area contributed by atoms with Gasteiger partial charge in [-0.3, -0.25) is 0 Å². The van der Waals surface area contributed by atoms with Crippen molar-refractivity contribution in [2.75, 3.05) is 7.11 Å². The molecule has 0 saturated carbocycles. The van der Waals surface area contributed by atoms with E-state index in [4.69, 9.17) is 16.3 Å². The van der Waals surface area contributed by atoms with Crippen LogP contribution >= 0.6 is 23.4 Å². The second-order valence-corrected chi connectivity index (χ2v) is 5.33. The number of methoxy groups -OCH3 is 1. The Labute approximate surface area is 115 Å². The first-order chi connectivity index (χ1) is 8.78. The van der Waals surface area contributed by atoms with Crippen LogP contribution in [0.3, 0.4) is 0 Å². The Morgan fingerprint density at radius 1 is 1.17 bits per heavy atom. The highest BCUT2D eigenvalue weighted by atomic mass is 35.5. The van der Waals surface area contributed by atoms with Crippen LogP contribution in [0, 0.1) is 0 Å². The number of hydrogen-bond donors (Lipinski definition) is 0. The number of fused-ring (bicyclic) bond motifs is 1. The van der Waals surface area contributed by atoms with Crippen LogP contribution in [0.1, 0.15) is 11.3 Å². The van der Waals surface area contributed by atoms with Crippen LogP contribution in [0.5, 0.6) is 5.75 Å². The number of ether oxygens (including phenoxy) is 1. The summed E-state index contributed by atoms with van der Waals surface area (Å²) in [6.45, 7) is 0. The Bertz CT molecular complexity index is 586. The summed E-state index contributed by atoms with van der Waals surface area (Å²) in [6.07, 6.45) is 0. The van der Waals surface area contributed by atoms with Gasteiger partial charge in [0.2, 0.25) is 0 Å². The molecule has 0 radical (unpaired) electrons. The van der Waals surface area contributed by atoms with Gasteiger partial charge in [-0.2, -0.15) is 11.8 Å². The SMILES string of the molecule is COc1ccc(-c2nc(Cl)c3c(n2)CSC3)cc1. The zero-order valence-corrected chi connectivity index (χ0v) is 11.4. The molecule has 0 amide bonds. The molecule has 0 N–H and O–H groups in total. The van der Waals surface area contributed by atoms with Crippen LogP contribution in [0.4, 0.5) is 0 Å². The number of aromatic nitrogens is 2. The van der Waals surface area contributed by atoms with Crippen molar-refractivity contribution in [1.29, 1.82) is 0 Å². The summed E-state index contributed by atoms with van der Waals surface area (Å²) in [5, 5.41) is 0.579. The summed E-state index contributed by atoms with van der Waals surface area (Å²) in [6, 6.07) is 7.68. The third-order valence-electron chi connectivity index (χ3n) is 2.88.